The lowest BCUT2D eigenvalue weighted by molar-refractivity contribution is -0.146. The molecule has 0 unspecified atom stereocenters. The molecule has 1 N–H and O–H groups in total. The number of aryl methyl sites for hydroxylation is 1. The second-order valence-electron chi connectivity index (χ2n) is 9.42. The highest BCUT2D eigenvalue weighted by atomic mass is 32.2. The summed E-state index contributed by atoms with van der Waals surface area (Å²) in [4.78, 5) is 13.3. The second-order valence-corrected chi connectivity index (χ2v) is 11.3. The summed E-state index contributed by atoms with van der Waals surface area (Å²) in [5.74, 6) is 0.211. The second kappa shape index (κ2) is 11.3. The van der Waals surface area contributed by atoms with Gasteiger partial charge in [-0.1, -0.05) is 72.3 Å². The number of anilines is 1. The summed E-state index contributed by atoms with van der Waals surface area (Å²) in [7, 11) is -2.44. The molecule has 0 spiro atoms. The van der Waals surface area contributed by atoms with E-state index in [9.17, 15) is 13.2 Å². The summed E-state index contributed by atoms with van der Waals surface area (Å²) in [6, 6.07) is 30.1. The predicted octanol–water partition coefficient (Wildman–Crippen LogP) is 5.99. The standard InChI is InChI=1S/C31H30N2O5S/c1-22-12-18-26(19-13-22)39(35,36)33-29(20-30(34)38-21-23-8-4-3-5-9-23)27-10-6-7-11-28(27)31(33)32-24-14-16-25(37-2)17-15-24/h3-19,29,31-32H,20-21H2,1-2H3/t29-,31-/m0/s1. The van der Waals surface area contributed by atoms with Crippen molar-refractivity contribution in [1.29, 1.82) is 0 Å². The highest BCUT2D eigenvalue weighted by molar-refractivity contribution is 7.89. The first-order valence-corrected chi connectivity index (χ1v) is 14.1. The fraction of sp³-hybridized carbons (Fsp3) is 0.194. The molecule has 0 bridgehead atoms. The average molecular weight is 543 g/mol. The van der Waals surface area contributed by atoms with Crippen LogP contribution in [0.25, 0.3) is 0 Å². The van der Waals surface area contributed by atoms with Crippen LogP contribution in [0.15, 0.2) is 108 Å². The van der Waals surface area contributed by atoms with Gasteiger partial charge in [-0.05, 0) is 60.0 Å². The molecule has 0 saturated heterocycles. The molecule has 5 rings (SSSR count). The van der Waals surface area contributed by atoms with E-state index in [1.807, 2.05) is 73.7 Å². The quantitative estimate of drug-likeness (QED) is 0.262. The summed E-state index contributed by atoms with van der Waals surface area (Å²) < 4.78 is 40.6. The molecule has 4 aromatic rings. The number of fused-ring (bicyclic) bond motifs is 1. The Kier molecular flexibility index (Phi) is 7.67. The zero-order valence-corrected chi connectivity index (χ0v) is 22.6. The SMILES string of the molecule is COc1ccc(N[C@@H]2c3ccccc3[C@H](CC(=O)OCc3ccccc3)N2S(=O)(=O)c2ccc(C)cc2)cc1. The molecule has 200 valence electrons. The molecule has 1 aliphatic heterocycles. The molecule has 0 amide bonds. The number of esters is 1. The maximum atomic E-state index is 14.2. The van der Waals surface area contributed by atoms with Crippen molar-refractivity contribution in [3.05, 3.63) is 125 Å². The van der Waals surface area contributed by atoms with Gasteiger partial charge in [-0.15, -0.1) is 0 Å². The molecule has 1 aliphatic rings. The van der Waals surface area contributed by atoms with Crippen molar-refractivity contribution in [3.63, 3.8) is 0 Å². The fourth-order valence-corrected chi connectivity index (χ4v) is 6.49. The summed E-state index contributed by atoms with van der Waals surface area (Å²) in [5.41, 5.74) is 4.07. The molecule has 8 heteroatoms. The van der Waals surface area contributed by atoms with Gasteiger partial charge in [-0.25, -0.2) is 8.42 Å². The third-order valence-electron chi connectivity index (χ3n) is 6.80. The molecular formula is C31H30N2O5S. The molecule has 7 nitrogen and oxygen atoms in total. The Balaban J connectivity index is 1.51. The van der Waals surface area contributed by atoms with E-state index in [0.717, 1.165) is 22.3 Å². The van der Waals surface area contributed by atoms with Crippen molar-refractivity contribution in [2.24, 2.45) is 0 Å². The zero-order valence-electron chi connectivity index (χ0n) is 21.8. The summed E-state index contributed by atoms with van der Waals surface area (Å²) in [6.07, 6.45) is -0.872. The Morgan fingerprint density at radius 3 is 2.15 bits per heavy atom. The lowest BCUT2D eigenvalue weighted by Gasteiger charge is -2.30. The number of methoxy groups -OCH3 is 1. The Hall–Kier alpha value is -4.14. The summed E-state index contributed by atoms with van der Waals surface area (Å²) in [6.45, 7) is 2.02. The van der Waals surface area contributed by atoms with Gasteiger partial charge in [0, 0.05) is 5.69 Å². The summed E-state index contributed by atoms with van der Waals surface area (Å²) in [5, 5.41) is 3.39. The van der Waals surface area contributed by atoms with Crippen LogP contribution in [0.1, 0.15) is 40.9 Å². The van der Waals surface area contributed by atoms with Crippen LogP contribution in [-0.4, -0.2) is 25.8 Å². The van der Waals surface area contributed by atoms with E-state index in [4.69, 9.17) is 9.47 Å². The van der Waals surface area contributed by atoms with Crippen molar-refractivity contribution >= 4 is 21.7 Å². The van der Waals surface area contributed by atoms with Gasteiger partial charge in [0.1, 0.15) is 18.5 Å². The van der Waals surface area contributed by atoms with Crippen LogP contribution >= 0.6 is 0 Å². The third-order valence-corrected chi connectivity index (χ3v) is 8.69. The first kappa shape index (κ1) is 26.5. The van der Waals surface area contributed by atoms with E-state index in [2.05, 4.69) is 5.32 Å². The van der Waals surface area contributed by atoms with Gasteiger partial charge in [0.2, 0.25) is 10.0 Å². The number of ether oxygens (including phenoxy) is 2. The maximum absolute atomic E-state index is 14.2. The molecule has 0 aromatic heterocycles. The van der Waals surface area contributed by atoms with Crippen molar-refractivity contribution in [3.8, 4) is 5.75 Å². The number of carbonyl (C=O) groups is 1. The van der Waals surface area contributed by atoms with Gasteiger partial charge >= 0.3 is 5.97 Å². The number of nitrogens with one attached hydrogen (secondary N) is 1. The van der Waals surface area contributed by atoms with Crippen LogP contribution in [0, 0.1) is 6.92 Å². The van der Waals surface area contributed by atoms with Crippen molar-refractivity contribution < 1.29 is 22.7 Å². The topological polar surface area (TPSA) is 84.9 Å². The fourth-order valence-electron chi connectivity index (χ4n) is 4.80. The molecule has 0 radical (unpaired) electrons. The van der Waals surface area contributed by atoms with E-state index in [-0.39, 0.29) is 17.9 Å². The first-order chi connectivity index (χ1) is 18.9. The Bertz CT molecular complexity index is 1540. The van der Waals surface area contributed by atoms with E-state index < -0.39 is 28.2 Å². The minimum atomic E-state index is -4.03. The number of hydrogen-bond acceptors (Lipinski definition) is 6. The van der Waals surface area contributed by atoms with Gasteiger partial charge in [0.25, 0.3) is 0 Å². The first-order valence-electron chi connectivity index (χ1n) is 12.7. The Morgan fingerprint density at radius 2 is 1.49 bits per heavy atom. The van der Waals surface area contributed by atoms with Crippen LogP contribution < -0.4 is 10.1 Å². The van der Waals surface area contributed by atoms with E-state index >= 15 is 0 Å². The average Bonchev–Trinajstić information content (AvgIpc) is 3.26. The Labute approximate surface area is 229 Å². The van der Waals surface area contributed by atoms with Crippen molar-refractivity contribution in [2.75, 3.05) is 12.4 Å². The van der Waals surface area contributed by atoms with Gasteiger partial charge in [-0.2, -0.15) is 4.31 Å². The minimum Gasteiger partial charge on any atom is -0.497 e. The molecular weight excluding hydrogens is 512 g/mol. The molecule has 2 atom stereocenters. The smallest absolute Gasteiger partial charge is 0.308 e. The number of sulfonamides is 1. The Morgan fingerprint density at radius 1 is 0.846 bits per heavy atom. The molecule has 0 aliphatic carbocycles. The number of carbonyl (C=O) groups excluding carboxylic acids is 1. The van der Waals surface area contributed by atoms with Gasteiger partial charge < -0.3 is 14.8 Å². The van der Waals surface area contributed by atoms with Crippen LogP contribution in [0.3, 0.4) is 0 Å². The molecule has 39 heavy (non-hydrogen) atoms. The largest absolute Gasteiger partial charge is 0.497 e. The van der Waals surface area contributed by atoms with Crippen LogP contribution in [0.4, 0.5) is 5.69 Å². The van der Waals surface area contributed by atoms with Crippen LogP contribution in [0.5, 0.6) is 5.75 Å². The lowest BCUT2D eigenvalue weighted by Crippen LogP contribution is -2.37. The van der Waals surface area contributed by atoms with Crippen molar-refractivity contribution in [2.45, 2.75) is 37.1 Å². The van der Waals surface area contributed by atoms with Gasteiger partial charge in [0.05, 0.1) is 24.5 Å². The van der Waals surface area contributed by atoms with Crippen LogP contribution in [-0.2, 0) is 26.2 Å². The number of benzene rings is 4. The highest BCUT2D eigenvalue weighted by Crippen LogP contribution is 2.47. The normalized spacial score (nSPS) is 16.9. The number of nitrogens with zero attached hydrogens (tertiary/aromatic N) is 1. The van der Waals surface area contributed by atoms with Gasteiger partial charge in [-0.3, -0.25) is 4.79 Å². The molecule has 0 fully saturated rings. The third kappa shape index (κ3) is 5.67. The van der Waals surface area contributed by atoms with Gasteiger partial charge in [0.15, 0.2) is 0 Å². The lowest BCUT2D eigenvalue weighted by atomic mass is 10.0. The van der Waals surface area contributed by atoms with E-state index in [1.54, 1.807) is 43.5 Å². The minimum absolute atomic E-state index is 0.117. The van der Waals surface area contributed by atoms with E-state index in [0.29, 0.717) is 11.4 Å². The molecule has 0 saturated carbocycles. The monoisotopic (exact) mass is 542 g/mol. The van der Waals surface area contributed by atoms with Crippen molar-refractivity contribution in [1.82, 2.24) is 4.31 Å². The summed E-state index contributed by atoms with van der Waals surface area (Å²) >= 11 is 0. The van der Waals surface area contributed by atoms with E-state index in [1.165, 1.54) is 4.31 Å². The number of hydrogen-bond donors (Lipinski definition) is 1. The number of rotatable bonds is 9. The molecule has 4 aromatic carbocycles. The predicted molar refractivity (Wildman–Crippen MR) is 150 cm³/mol. The van der Waals surface area contributed by atoms with Crippen LogP contribution in [0.2, 0.25) is 0 Å². The maximum Gasteiger partial charge on any atom is 0.308 e. The zero-order chi connectivity index (χ0) is 27.4. The molecule has 1 heterocycles. The highest BCUT2D eigenvalue weighted by Gasteiger charge is 2.46.